The molecule has 28 heavy (non-hydrogen) atoms. The minimum atomic E-state index is -0.532. The molecule has 6 heteroatoms. The highest BCUT2D eigenvalue weighted by Crippen LogP contribution is 2.13. The molecule has 1 atom stereocenters. The van der Waals surface area contributed by atoms with E-state index in [2.05, 4.69) is 5.32 Å². The minimum absolute atomic E-state index is 0. The number of nitrogens with one attached hydrogen (secondary N) is 1. The maximum absolute atomic E-state index is 13.5. The number of hydrogen-bond acceptors (Lipinski definition) is 4. The second-order valence-corrected chi connectivity index (χ2v) is 6.88. The fourth-order valence-corrected chi connectivity index (χ4v) is 2.55. The highest BCUT2D eigenvalue weighted by Gasteiger charge is 2.06. The van der Waals surface area contributed by atoms with Crippen molar-refractivity contribution in [2.75, 3.05) is 26.4 Å². The molecule has 0 aliphatic heterocycles. The van der Waals surface area contributed by atoms with Gasteiger partial charge in [0.25, 0.3) is 0 Å². The number of rotatable bonds is 12. The molecule has 0 heterocycles. The van der Waals surface area contributed by atoms with Crippen molar-refractivity contribution in [2.24, 2.45) is 0 Å². The summed E-state index contributed by atoms with van der Waals surface area (Å²) < 4.78 is 24.7. The Morgan fingerprint density at radius 1 is 1.00 bits per heavy atom. The second kappa shape index (κ2) is 13.5. The highest BCUT2D eigenvalue weighted by molar-refractivity contribution is 5.85. The van der Waals surface area contributed by atoms with Gasteiger partial charge in [-0.05, 0) is 42.2 Å². The molecule has 0 radical (unpaired) electrons. The first-order chi connectivity index (χ1) is 13.0. The topological polar surface area (TPSA) is 50.7 Å². The van der Waals surface area contributed by atoms with Crippen molar-refractivity contribution in [3.8, 4) is 5.75 Å². The van der Waals surface area contributed by atoms with Gasteiger partial charge in [0.2, 0.25) is 0 Å². The monoisotopic (exact) mass is 411 g/mol. The first kappa shape index (κ1) is 24.4. The molecule has 0 aliphatic rings. The number of aliphatic hydroxyl groups excluding tert-OH is 1. The molecule has 4 nitrogen and oxygen atoms in total. The number of hydrogen-bond donors (Lipinski definition) is 2. The molecule has 156 valence electrons. The van der Waals surface area contributed by atoms with E-state index >= 15 is 0 Å². The Morgan fingerprint density at radius 3 is 2.36 bits per heavy atom. The molecule has 0 spiro atoms. The lowest BCUT2D eigenvalue weighted by atomic mass is 10.1. The van der Waals surface area contributed by atoms with Gasteiger partial charge in [-0.2, -0.15) is 0 Å². The molecule has 2 aromatic rings. The van der Waals surface area contributed by atoms with Crippen LogP contribution in [0.3, 0.4) is 0 Å². The zero-order chi connectivity index (χ0) is 19.5. The van der Waals surface area contributed by atoms with E-state index in [9.17, 15) is 9.50 Å². The van der Waals surface area contributed by atoms with Gasteiger partial charge in [0.15, 0.2) is 0 Å². The summed E-state index contributed by atoms with van der Waals surface area (Å²) in [7, 11) is 0. The summed E-state index contributed by atoms with van der Waals surface area (Å²) in [5.41, 5.74) is 1.83. The highest BCUT2D eigenvalue weighted by atomic mass is 35.5. The van der Waals surface area contributed by atoms with E-state index in [1.54, 1.807) is 12.1 Å². The van der Waals surface area contributed by atoms with Crippen molar-refractivity contribution in [1.29, 1.82) is 0 Å². The molecule has 0 saturated heterocycles. The first-order valence-corrected chi connectivity index (χ1v) is 9.49. The predicted octanol–water partition coefficient (Wildman–Crippen LogP) is 3.79. The molecule has 0 bridgehead atoms. The van der Waals surface area contributed by atoms with E-state index in [0.29, 0.717) is 37.8 Å². The number of benzene rings is 2. The van der Waals surface area contributed by atoms with Crippen molar-refractivity contribution in [3.63, 3.8) is 0 Å². The van der Waals surface area contributed by atoms with Gasteiger partial charge in [-0.25, -0.2) is 4.39 Å². The van der Waals surface area contributed by atoms with E-state index in [4.69, 9.17) is 9.47 Å². The Hall–Kier alpha value is -1.66. The van der Waals surface area contributed by atoms with E-state index in [-0.39, 0.29) is 24.8 Å². The Morgan fingerprint density at radius 2 is 1.68 bits per heavy atom. The molecular weight excluding hydrogens is 381 g/mol. The van der Waals surface area contributed by atoms with E-state index in [1.807, 2.05) is 44.2 Å². The Bertz CT molecular complexity index is 667. The van der Waals surface area contributed by atoms with Gasteiger partial charge >= 0.3 is 0 Å². The smallest absolute Gasteiger partial charge is 0.126 e. The lowest BCUT2D eigenvalue weighted by Crippen LogP contribution is -2.35. The summed E-state index contributed by atoms with van der Waals surface area (Å²) in [5.74, 6) is 0.560. The molecule has 2 rings (SSSR count). The summed E-state index contributed by atoms with van der Waals surface area (Å²) in [5, 5.41) is 13.0. The standard InChI is InChI=1S/C22H30FNO3.ClH/c1-17(2)24-15-20(25)16-27-21-9-7-18(8-10-21)11-13-26-14-12-19-5-3-4-6-22(19)23;/h3-10,17,20,24-25H,11-16H2,1-2H3;1H. The normalized spacial score (nSPS) is 11.9. The van der Waals surface area contributed by atoms with Crippen LogP contribution < -0.4 is 10.1 Å². The van der Waals surface area contributed by atoms with Crippen LogP contribution in [0.4, 0.5) is 4.39 Å². The van der Waals surface area contributed by atoms with Crippen molar-refractivity contribution < 1.29 is 19.0 Å². The van der Waals surface area contributed by atoms with Crippen LogP contribution in [0.1, 0.15) is 25.0 Å². The third-order valence-electron chi connectivity index (χ3n) is 4.14. The lowest BCUT2D eigenvalue weighted by molar-refractivity contribution is 0.104. The fourth-order valence-electron chi connectivity index (χ4n) is 2.55. The van der Waals surface area contributed by atoms with Crippen molar-refractivity contribution in [1.82, 2.24) is 5.32 Å². The van der Waals surface area contributed by atoms with Gasteiger partial charge in [0.05, 0.1) is 13.2 Å². The van der Waals surface area contributed by atoms with E-state index in [0.717, 1.165) is 17.7 Å². The molecule has 2 aromatic carbocycles. The molecule has 0 fully saturated rings. The predicted molar refractivity (Wildman–Crippen MR) is 113 cm³/mol. The summed E-state index contributed by atoms with van der Waals surface area (Å²) in [6.45, 7) is 5.95. The second-order valence-electron chi connectivity index (χ2n) is 6.88. The first-order valence-electron chi connectivity index (χ1n) is 9.49. The molecule has 0 aromatic heterocycles. The Kier molecular flexibility index (Phi) is 11.8. The lowest BCUT2D eigenvalue weighted by Gasteiger charge is -2.15. The average molecular weight is 412 g/mol. The number of ether oxygens (including phenoxy) is 2. The maximum Gasteiger partial charge on any atom is 0.126 e. The van der Waals surface area contributed by atoms with Crippen LogP contribution in [0.15, 0.2) is 48.5 Å². The summed E-state index contributed by atoms with van der Waals surface area (Å²) in [6.07, 6.45) is 0.835. The molecule has 0 aliphatic carbocycles. The zero-order valence-corrected chi connectivity index (χ0v) is 17.4. The summed E-state index contributed by atoms with van der Waals surface area (Å²) in [4.78, 5) is 0. The fraction of sp³-hybridized carbons (Fsp3) is 0.455. The average Bonchev–Trinajstić information content (AvgIpc) is 2.66. The molecular formula is C22H31ClFNO3. The van der Waals surface area contributed by atoms with Crippen LogP contribution >= 0.6 is 12.4 Å². The van der Waals surface area contributed by atoms with Crippen molar-refractivity contribution in [2.45, 2.75) is 38.8 Å². The van der Waals surface area contributed by atoms with Gasteiger partial charge in [-0.15, -0.1) is 12.4 Å². The van der Waals surface area contributed by atoms with Gasteiger partial charge in [0.1, 0.15) is 24.3 Å². The number of aliphatic hydroxyl groups is 1. The largest absolute Gasteiger partial charge is 0.491 e. The molecule has 0 saturated carbocycles. The van der Waals surface area contributed by atoms with Crippen molar-refractivity contribution >= 4 is 12.4 Å². The summed E-state index contributed by atoms with van der Waals surface area (Å²) >= 11 is 0. The maximum atomic E-state index is 13.5. The summed E-state index contributed by atoms with van der Waals surface area (Å²) in [6, 6.07) is 14.9. The zero-order valence-electron chi connectivity index (χ0n) is 16.6. The third-order valence-corrected chi connectivity index (χ3v) is 4.14. The van der Waals surface area contributed by atoms with Crippen molar-refractivity contribution in [3.05, 3.63) is 65.5 Å². The van der Waals surface area contributed by atoms with E-state index in [1.165, 1.54) is 6.07 Å². The molecule has 1 unspecified atom stereocenters. The third kappa shape index (κ3) is 9.51. The van der Waals surface area contributed by atoms with Crippen LogP contribution in [0, 0.1) is 5.82 Å². The number of halogens is 2. The van der Waals surface area contributed by atoms with Crippen LogP contribution in [-0.2, 0) is 17.6 Å². The Balaban J connectivity index is 0.00000392. The quantitative estimate of drug-likeness (QED) is 0.522. The minimum Gasteiger partial charge on any atom is -0.491 e. The van der Waals surface area contributed by atoms with Gasteiger partial charge in [0, 0.05) is 12.6 Å². The molecule has 0 amide bonds. The van der Waals surface area contributed by atoms with Gasteiger partial charge < -0.3 is 19.9 Å². The van der Waals surface area contributed by atoms with Gasteiger partial charge in [-0.1, -0.05) is 44.2 Å². The SMILES string of the molecule is CC(C)NCC(O)COc1ccc(CCOCCc2ccccc2F)cc1.Cl. The van der Waals surface area contributed by atoms with Crippen LogP contribution in [0.5, 0.6) is 5.75 Å². The van der Waals surface area contributed by atoms with Gasteiger partial charge in [-0.3, -0.25) is 0 Å². The van der Waals surface area contributed by atoms with Crippen LogP contribution in [-0.4, -0.2) is 43.6 Å². The van der Waals surface area contributed by atoms with Crippen LogP contribution in [0.25, 0.3) is 0 Å². The van der Waals surface area contributed by atoms with E-state index < -0.39 is 6.10 Å². The molecule has 2 N–H and O–H groups in total. The van der Waals surface area contributed by atoms with Crippen LogP contribution in [0.2, 0.25) is 0 Å². The Labute approximate surface area is 173 Å².